The number of fused-ring (bicyclic) bond motifs is 1. The lowest BCUT2D eigenvalue weighted by molar-refractivity contribution is -0.219. The molecule has 0 bridgehead atoms. The zero-order valence-electron chi connectivity index (χ0n) is 11.6. The van der Waals surface area contributed by atoms with E-state index in [1.54, 1.807) is 7.11 Å². The van der Waals surface area contributed by atoms with Crippen LogP contribution in [0, 0.1) is 0 Å². The first-order chi connectivity index (χ1) is 8.88. The summed E-state index contributed by atoms with van der Waals surface area (Å²) in [5, 5.41) is 0. The normalized spacial score (nSPS) is 37.9. The van der Waals surface area contributed by atoms with Gasteiger partial charge in [-0.2, -0.15) is 0 Å². The van der Waals surface area contributed by atoms with Gasteiger partial charge in [0.05, 0.1) is 13.5 Å². The van der Waals surface area contributed by atoms with Crippen LogP contribution in [0.4, 0.5) is 0 Å². The maximum absolute atomic E-state index is 11.3. The minimum atomic E-state index is -0.705. The molecule has 19 heavy (non-hydrogen) atoms. The van der Waals surface area contributed by atoms with Gasteiger partial charge in [-0.25, -0.2) is 0 Å². The quantitative estimate of drug-likeness (QED) is 0.709. The molecule has 2 rings (SSSR count). The zero-order chi connectivity index (χ0) is 14.2. The molecule has 0 aromatic heterocycles. The highest BCUT2D eigenvalue weighted by Crippen LogP contribution is 2.39. The van der Waals surface area contributed by atoms with E-state index in [1.807, 2.05) is 13.8 Å². The highest BCUT2D eigenvalue weighted by Gasteiger charge is 2.56. The summed E-state index contributed by atoms with van der Waals surface area (Å²) in [6, 6.07) is -0.529. The SMILES string of the molecule is COC(=O)C[C@H](N)[C@H]1O[C@@H]2OC(C)(C)O[C@@H]2[C@H]1OC. The summed E-state index contributed by atoms with van der Waals surface area (Å²) in [5.74, 6) is -1.09. The van der Waals surface area contributed by atoms with Crippen molar-refractivity contribution in [2.45, 2.75) is 56.7 Å². The van der Waals surface area contributed by atoms with Crippen molar-refractivity contribution < 1.29 is 28.5 Å². The Labute approximate surface area is 112 Å². The Bertz CT molecular complexity index is 347. The van der Waals surface area contributed by atoms with E-state index in [4.69, 9.17) is 24.7 Å². The maximum Gasteiger partial charge on any atom is 0.307 e. The van der Waals surface area contributed by atoms with E-state index in [0.717, 1.165) is 0 Å². The van der Waals surface area contributed by atoms with Gasteiger partial charge in [0.2, 0.25) is 0 Å². The molecule has 2 fully saturated rings. The van der Waals surface area contributed by atoms with E-state index in [9.17, 15) is 4.79 Å². The smallest absolute Gasteiger partial charge is 0.307 e. The van der Waals surface area contributed by atoms with Gasteiger partial charge in [0, 0.05) is 13.2 Å². The minimum absolute atomic E-state index is 0.0594. The minimum Gasteiger partial charge on any atom is -0.469 e. The van der Waals surface area contributed by atoms with Gasteiger partial charge in [-0.15, -0.1) is 0 Å². The summed E-state index contributed by atoms with van der Waals surface area (Å²) in [6.07, 6.45) is -1.63. The van der Waals surface area contributed by atoms with E-state index in [-0.39, 0.29) is 24.6 Å². The molecule has 0 unspecified atom stereocenters. The molecule has 2 aliphatic heterocycles. The molecule has 7 heteroatoms. The lowest BCUT2D eigenvalue weighted by atomic mass is 10.0. The Balaban J connectivity index is 2.03. The van der Waals surface area contributed by atoms with Crippen molar-refractivity contribution in [1.82, 2.24) is 0 Å². The van der Waals surface area contributed by atoms with Crippen LogP contribution >= 0.6 is 0 Å². The van der Waals surface area contributed by atoms with Crippen molar-refractivity contribution in [3.8, 4) is 0 Å². The summed E-state index contributed by atoms with van der Waals surface area (Å²) in [6.45, 7) is 3.62. The zero-order valence-corrected chi connectivity index (χ0v) is 11.6. The summed E-state index contributed by atoms with van der Waals surface area (Å²) in [4.78, 5) is 11.3. The Kier molecular flexibility index (Phi) is 4.12. The van der Waals surface area contributed by atoms with Crippen LogP contribution in [0.3, 0.4) is 0 Å². The first-order valence-corrected chi connectivity index (χ1v) is 6.24. The Morgan fingerprint density at radius 2 is 2.05 bits per heavy atom. The molecule has 0 saturated carbocycles. The van der Waals surface area contributed by atoms with Gasteiger partial charge < -0.3 is 29.4 Å². The van der Waals surface area contributed by atoms with Gasteiger partial charge in [-0.3, -0.25) is 4.79 Å². The standard InChI is InChI=1S/C12H21NO6/c1-12(2)18-10-9(16-4)8(17-11(10)19-12)6(13)5-7(14)15-3/h6,8-11H,5,13H2,1-4H3/t6-,8+,9-,10+,11+/m0/s1. The molecule has 110 valence electrons. The molecular formula is C12H21NO6. The molecule has 0 radical (unpaired) electrons. The van der Waals surface area contributed by atoms with Crippen molar-refractivity contribution in [3.05, 3.63) is 0 Å². The van der Waals surface area contributed by atoms with E-state index >= 15 is 0 Å². The third-order valence-corrected chi connectivity index (χ3v) is 3.35. The van der Waals surface area contributed by atoms with Crippen LogP contribution in [-0.2, 0) is 28.5 Å². The molecule has 2 N–H and O–H groups in total. The highest BCUT2D eigenvalue weighted by atomic mass is 16.8. The van der Waals surface area contributed by atoms with E-state index in [0.29, 0.717) is 0 Å². The van der Waals surface area contributed by atoms with Crippen molar-refractivity contribution >= 4 is 5.97 Å². The van der Waals surface area contributed by atoms with Crippen molar-refractivity contribution in [2.75, 3.05) is 14.2 Å². The summed E-state index contributed by atoms with van der Waals surface area (Å²) in [5.41, 5.74) is 5.98. The van der Waals surface area contributed by atoms with Gasteiger partial charge >= 0.3 is 5.97 Å². The van der Waals surface area contributed by atoms with Crippen LogP contribution < -0.4 is 5.73 Å². The molecule has 2 saturated heterocycles. The van der Waals surface area contributed by atoms with Crippen molar-refractivity contribution in [1.29, 1.82) is 0 Å². The number of hydrogen-bond donors (Lipinski definition) is 1. The van der Waals surface area contributed by atoms with Crippen molar-refractivity contribution in [2.24, 2.45) is 5.73 Å². The lowest BCUT2D eigenvalue weighted by Crippen LogP contribution is -2.47. The summed E-state index contributed by atoms with van der Waals surface area (Å²) >= 11 is 0. The molecule has 0 amide bonds. The number of carbonyl (C=O) groups is 1. The third kappa shape index (κ3) is 2.90. The first-order valence-electron chi connectivity index (χ1n) is 6.24. The van der Waals surface area contributed by atoms with Gasteiger partial charge in [0.25, 0.3) is 0 Å². The number of hydrogen-bond acceptors (Lipinski definition) is 7. The predicted octanol–water partition coefficient (Wildman–Crippen LogP) is -0.232. The number of nitrogens with two attached hydrogens (primary N) is 1. The van der Waals surface area contributed by atoms with E-state index in [1.165, 1.54) is 7.11 Å². The van der Waals surface area contributed by atoms with Crippen molar-refractivity contribution in [3.63, 3.8) is 0 Å². The van der Waals surface area contributed by atoms with Gasteiger partial charge in [-0.05, 0) is 13.8 Å². The molecule has 0 aromatic carbocycles. The predicted molar refractivity (Wildman–Crippen MR) is 64.1 cm³/mol. The molecular weight excluding hydrogens is 254 g/mol. The van der Waals surface area contributed by atoms with Crippen LogP contribution in [-0.4, -0.2) is 56.6 Å². The summed E-state index contributed by atoms with van der Waals surface area (Å²) in [7, 11) is 2.88. The second-order valence-corrected chi connectivity index (χ2v) is 5.21. The molecule has 0 spiro atoms. The summed E-state index contributed by atoms with van der Waals surface area (Å²) < 4.78 is 27.1. The van der Waals surface area contributed by atoms with Crippen LogP contribution in [0.2, 0.25) is 0 Å². The maximum atomic E-state index is 11.3. The molecule has 5 atom stereocenters. The number of ether oxygens (including phenoxy) is 5. The Hall–Kier alpha value is -0.730. The van der Waals surface area contributed by atoms with Gasteiger partial charge in [-0.1, -0.05) is 0 Å². The monoisotopic (exact) mass is 275 g/mol. The molecule has 0 aromatic rings. The van der Waals surface area contributed by atoms with Crippen LogP contribution in [0.25, 0.3) is 0 Å². The Morgan fingerprint density at radius 1 is 1.37 bits per heavy atom. The van der Waals surface area contributed by atoms with Crippen LogP contribution in [0.15, 0.2) is 0 Å². The molecule has 0 aliphatic carbocycles. The molecule has 2 heterocycles. The van der Waals surface area contributed by atoms with Gasteiger partial charge in [0.1, 0.15) is 18.3 Å². The topological polar surface area (TPSA) is 89.2 Å². The van der Waals surface area contributed by atoms with Gasteiger partial charge in [0.15, 0.2) is 12.1 Å². The lowest BCUT2D eigenvalue weighted by Gasteiger charge is -2.27. The average molecular weight is 275 g/mol. The van der Waals surface area contributed by atoms with E-state index in [2.05, 4.69) is 4.74 Å². The third-order valence-electron chi connectivity index (χ3n) is 3.35. The number of rotatable bonds is 4. The largest absolute Gasteiger partial charge is 0.469 e. The second-order valence-electron chi connectivity index (χ2n) is 5.21. The molecule has 7 nitrogen and oxygen atoms in total. The fourth-order valence-corrected chi connectivity index (χ4v) is 2.51. The first kappa shape index (κ1) is 14.7. The van der Waals surface area contributed by atoms with E-state index < -0.39 is 24.2 Å². The van der Waals surface area contributed by atoms with Crippen LogP contribution in [0.5, 0.6) is 0 Å². The number of carbonyl (C=O) groups excluding carboxylic acids is 1. The molecule has 2 aliphatic rings. The number of methoxy groups -OCH3 is 2. The van der Waals surface area contributed by atoms with Crippen LogP contribution in [0.1, 0.15) is 20.3 Å². The number of esters is 1. The fraction of sp³-hybridized carbons (Fsp3) is 0.917. The second kappa shape index (κ2) is 5.34. The Morgan fingerprint density at radius 3 is 2.63 bits per heavy atom. The highest BCUT2D eigenvalue weighted by molar-refractivity contribution is 5.70. The average Bonchev–Trinajstić information content (AvgIpc) is 2.80. The fourth-order valence-electron chi connectivity index (χ4n) is 2.51.